The standard InChI is InChI=1S/C33H33F3N6O/c1-4-20-8-10-23-25(12-20)31(29-26(34)6-5-7-27(29)35)37-14-21-15-38-33(41-30(21)23)40-22-9-11-24(28(36)13-22)32(43)42-16-18(2)39-19(3)17-42/h5-8,10,12-13,15,18-19,39H,4,9,11,14,16-17H2,1-3H3,(H,38,40,41). The number of halogens is 3. The Labute approximate surface area is 248 Å². The number of amides is 1. The molecular formula is C33H33F3N6O. The van der Waals surface area contributed by atoms with Crippen LogP contribution in [0.2, 0.25) is 0 Å². The Morgan fingerprint density at radius 1 is 1.05 bits per heavy atom. The molecule has 3 aliphatic rings. The number of piperazine rings is 1. The van der Waals surface area contributed by atoms with Crippen molar-refractivity contribution in [3.63, 3.8) is 0 Å². The van der Waals surface area contributed by atoms with Crippen molar-refractivity contribution in [2.24, 2.45) is 4.99 Å². The molecule has 222 valence electrons. The molecule has 2 aromatic carbocycles. The zero-order valence-electron chi connectivity index (χ0n) is 24.3. The van der Waals surface area contributed by atoms with Gasteiger partial charge in [0.25, 0.3) is 5.91 Å². The van der Waals surface area contributed by atoms with Gasteiger partial charge in [-0.15, -0.1) is 0 Å². The summed E-state index contributed by atoms with van der Waals surface area (Å²) in [5.74, 6) is -1.95. The Bertz CT molecular complexity index is 1670. The normalized spacial score (nSPS) is 20.1. The van der Waals surface area contributed by atoms with Crippen LogP contribution in [0.25, 0.3) is 11.3 Å². The van der Waals surface area contributed by atoms with Crippen LogP contribution in [0.5, 0.6) is 0 Å². The monoisotopic (exact) mass is 586 g/mol. The van der Waals surface area contributed by atoms with Crippen molar-refractivity contribution in [2.75, 3.05) is 18.4 Å². The second-order valence-electron chi connectivity index (χ2n) is 11.4. The number of aliphatic imine (C=N–C) groups is 1. The summed E-state index contributed by atoms with van der Waals surface area (Å²) in [4.78, 5) is 28.7. The highest BCUT2D eigenvalue weighted by Crippen LogP contribution is 2.34. The maximum Gasteiger partial charge on any atom is 0.252 e. The smallest absolute Gasteiger partial charge is 0.252 e. The van der Waals surface area contributed by atoms with Crippen molar-refractivity contribution >= 4 is 17.6 Å². The highest BCUT2D eigenvalue weighted by Gasteiger charge is 2.30. The fourth-order valence-corrected chi connectivity index (χ4v) is 6.04. The molecule has 3 aromatic rings. The number of aryl methyl sites for hydroxylation is 1. The molecule has 0 spiro atoms. The van der Waals surface area contributed by atoms with Crippen molar-refractivity contribution in [3.05, 3.63) is 99.7 Å². The zero-order valence-corrected chi connectivity index (χ0v) is 24.3. The van der Waals surface area contributed by atoms with Crippen LogP contribution >= 0.6 is 0 Å². The first-order chi connectivity index (χ1) is 20.7. The Hall–Kier alpha value is -4.31. The minimum atomic E-state index is -0.691. The molecule has 2 unspecified atom stereocenters. The number of anilines is 1. The van der Waals surface area contributed by atoms with Crippen LogP contribution in [0, 0.1) is 11.6 Å². The average Bonchev–Trinajstić information content (AvgIpc) is 3.13. The molecule has 0 saturated carbocycles. The van der Waals surface area contributed by atoms with Gasteiger partial charge in [0, 0.05) is 53.8 Å². The maximum absolute atomic E-state index is 15.2. The third-order valence-electron chi connectivity index (χ3n) is 8.08. The Morgan fingerprint density at radius 2 is 1.79 bits per heavy atom. The summed E-state index contributed by atoms with van der Waals surface area (Å²) in [6.45, 7) is 7.23. The van der Waals surface area contributed by atoms with E-state index in [1.807, 2.05) is 39.0 Å². The number of nitrogens with one attached hydrogen (secondary N) is 2. The van der Waals surface area contributed by atoms with Crippen molar-refractivity contribution < 1.29 is 18.0 Å². The molecule has 1 aromatic heterocycles. The summed E-state index contributed by atoms with van der Waals surface area (Å²) in [5, 5.41) is 6.51. The summed E-state index contributed by atoms with van der Waals surface area (Å²) in [5.41, 5.74) is 4.29. The fraction of sp³-hybridized carbons (Fsp3) is 0.333. The number of fused-ring (bicyclic) bond motifs is 3. The summed E-state index contributed by atoms with van der Waals surface area (Å²) in [6.07, 6.45) is 4.37. The molecule has 1 amide bonds. The van der Waals surface area contributed by atoms with Crippen LogP contribution in [-0.2, 0) is 17.8 Å². The number of nitrogens with zero attached hydrogens (tertiary/aromatic N) is 4. The molecule has 1 saturated heterocycles. The number of rotatable bonds is 5. The third kappa shape index (κ3) is 5.71. The fourth-order valence-electron chi connectivity index (χ4n) is 6.04. The quantitative estimate of drug-likeness (QED) is 0.392. The summed E-state index contributed by atoms with van der Waals surface area (Å²) in [7, 11) is 0. The minimum absolute atomic E-state index is 0.129. The summed E-state index contributed by atoms with van der Waals surface area (Å²) < 4.78 is 45.1. The Morgan fingerprint density at radius 3 is 2.49 bits per heavy atom. The van der Waals surface area contributed by atoms with Gasteiger partial charge < -0.3 is 15.5 Å². The van der Waals surface area contributed by atoms with E-state index in [0.29, 0.717) is 47.6 Å². The molecule has 2 atom stereocenters. The molecule has 2 N–H and O–H groups in total. The molecule has 0 radical (unpaired) electrons. The second kappa shape index (κ2) is 11.8. The van der Waals surface area contributed by atoms with Crippen LogP contribution in [0.4, 0.5) is 19.1 Å². The second-order valence-corrected chi connectivity index (χ2v) is 11.4. The van der Waals surface area contributed by atoms with Gasteiger partial charge in [-0.25, -0.2) is 23.1 Å². The van der Waals surface area contributed by atoms with Gasteiger partial charge in [0.05, 0.1) is 29.1 Å². The first kappa shape index (κ1) is 28.8. The van der Waals surface area contributed by atoms with E-state index in [9.17, 15) is 13.6 Å². The van der Waals surface area contributed by atoms with Crippen molar-refractivity contribution in [1.82, 2.24) is 20.2 Å². The highest BCUT2D eigenvalue weighted by atomic mass is 19.1. The molecular weight excluding hydrogens is 553 g/mol. The van der Waals surface area contributed by atoms with E-state index in [1.54, 1.807) is 11.1 Å². The van der Waals surface area contributed by atoms with Gasteiger partial charge in [0.15, 0.2) is 0 Å². The van der Waals surface area contributed by atoms with Gasteiger partial charge in [0.1, 0.15) is 17.5 Å². The lowest BCUT2D eigenvalue weighted by Gasteiger charge is -2.37. The molecule has 0 bridgehead atoms. The van der Waals surface area contributed by atoms with E-state index in [-0.39, 0.29) is 53.8 Å². The van der Waals surface area contributed by atoms with E-state index >= 15 is 4.39 Å². The predicted molar refractivity (Wildman–Crippen MR) is 160 cm³/mol. The third-order valence-corrected chi connectivity index (χ3v) is 8.08. The molecule has 2 aliphatic heterocycles. The van der Waals surface area contributed by atoms with Gasteiger partial charge >= 0.3 is 0 Å². The van der Waals surface area contributed by atoms with Crippen LogP contribution in [0.1, 0.15) is 55.9 Å². The van der Waals surface area contributed by atoms with Gasteiger partial charge in [0.2, 0.25) is 5.95 Å². The highest BCUT2D eigenvalue weighted by molar-refractivity contribution is 6.17. The lowest BCUT2D eigenvalue weighted by atomic mass is 9.92. The Kier molecular flexibility index (Phi) is 7.87. The van der Waals surface area contributed by atoms with E-state index in [1.165, 1.54) is 24.3 Å². The molecule has 1 aliphatic carbocycles. The topological polar surface area (TPSA) is 82.5 Å². The molecule has 1 fully saturated rings. The van der Waals surface area contributed by atoms with Gasteiger partial charge in [-0.2, -0.15) is 0 Å². The number of carbonyl (C=O) groups is 1. The molecule has 3 heterocycles. The van der Waals surface area contributed by atoms with Crippen LogP contribution in [0.15, 0.2) is 70.8 Å². The van der Waals surface area contributed by atoms with Crippen LogP contribution in [0.3, 0.4) is 0 Å². The predicted octanol–water partition coefficient (Wildman–Crippen LogP) is 5.86. The van der Waals surface area contributed by atoms with Gasteiger partial charge in [-0.05, 0) is 62.9 Å². The van der Waals surface area contributed by atoms with E-state index in [4.69, 9.17) is 4.98 Å². The van der Waals surface area contributed by atoms with E-state index in [0.717, 1.165) is 12.0 Å². The SMILES string of the molecule is CCc1ccc2c(c1)C(c1c(F)cccc1F)=NCc1cnc(NC3=CC(F)=C(C(=O)N4CC(C)NC(C)C4)CC3)nc1-2. The number of carbonyl (C=O) groups excluding carboxylic acids is 1. The molecule has 10 heteroatoms. The molecule has 43 heavy (non-hydrogen) atoms. The minimum Gasteiger partial charge on any atom is -0.336 e. The van der Waals surface area contributed by atoms with Crippen LogP contribution < -0.4 is 10.6 Å². The number of hydrogen-bond acceptors (Lipinski definition) is 6. The van der Waals surface area contributed by atoms with E-state index in [2.05, 4.69) is 20.6 Å². The lowest BCUT2D eigenvalue weighted by Crippen LogP contribution is -2.56. The summed E-state index contributed by atoms with van der Waals surface area (Å²) >= 11 is 0. The molecule has 7 nitrogen and oxygen atoms in total. The first-order valence-corrected chi connectivity index (χ1v) is 14.6. The van der Waals surface area contributed by atoms with Gasteiger partial charge in [-0.1, -0.05) is 25.1 Å². The number of allylic oxidation sites excluding steroid dienone is 3. The first-order valence-electron chi connectivity index (χ1n) is 14.6. The summed E-state index contributed by atoms with van der Waals surface area (Å²) in [6, 6.07) is 9.80. The lowest BCUT2D eigenvalue weighted by molar-refractivity contribution is -0.129. The average molecular weight is 587 g/mol. The number of benzene rings is 2. The number of aromatic nitrogens is 2. The molecule has 6 rings (SSSR count). The Balaban J connectivity index is 1.31. The zero-order chi connectivity index (χ0) is 30.2. The van der Waals surface area contributed by atoms with Crippen LogP contribution in [-0.4, -0.2) is 51.7 Å². The van der Waals surface area contributed by atoms with Crippen molar-refractivity contribution in [1.29, 1.82) is 0 Å². The largest absolute Gasteiger partial charge is 0.336 e. The van der Waals surface area contributed by atoms with E-state index < -0.39 is 17.5 Å². The van der Waals surface area contributed by atoms with Gasteiger partial charge in [-0.3, -0.25) is 9.79 Å². The van der Waals surface area contributed by atoms with Crippen molar-refractivity contribution in [2.45, 2.75) is 58.7 Å². The maximum atomic E-state index is 15.2. The number of hydrogen-bond donors (Lipinski definition) is 2. The van der Waals surface area contributed by atoms with Crippen molar-refractivity contribution in [3.8, 4) is 11.3 Å².